The smallest absolute Gasteiger partial charge is 0.253 e. The van der Waals surface area contributed by atoms with Crippen molar-refractivity contribution in [2.75, 3.05) is 19.6 Å². The molecule has 0 radical (unpaired) electrons. The van der Waals surface area contributed by atoms with Crippen LogP contribution in [0, 0.1) is 5.41 Å². The number of piperidine rings is 1. The summed E-state index contributed by atoms with van der Waals surface area (Å²) in [5.41, 5.74) is 7.42. The Morgan fingerprint density at radius 3 is 2.64 bits per heavy atom. The Kier molecular flexibility index (Phi) is 4.50. The van der Waals surface area contributed by atoms with E-state index in [2.05, 4.69) is 0 Å². The average Bonchev–Trinajstić information content (AvgIpc) is 2.88. The van der Waals surface area contributed by atoms with E-state index < -0.39 is 0 Å². The van der Waals surface area contributed by atoms with E-state index in [1.54, 1.807) is 0 Å². The standard InChI is InChI=1S/C18H26N2O2/c19-11-8-14-4-6-15(7-5-14)17(22)20-12-2-10-18(13-20)9-1-3-16(18)21/h4-7,16,21H,1-3,8-13,19H2/t16-,18-/m1/s1. The van der Waals surface area contributed by atoms with Gasteiger partial charge in [0.05, 0.1) is 6.10 Å². The van der Waals surface area contributed by atoms with Crippen LogP contribution in [0.1, 0.15) is 48.0 Å². The monoisotopic (exact) mass is 302 g/mol. The lowest BCUT2D eigenvalue weighted by atomic mass is 9.76. The van der Waals surface area contributed by atoms with Gasteiger partial charge in [0.2, 0.25) is 0 Å². The minimum absolute atomic E-state index is 0.0482. The van der Waals surface area contributed by atoms with Crippen molar-refractivity contribution in [3.05, 3.63) is 35.4 Å². The highest BCUT2D eigenvalue weighted by Crippen LogP contribution is 2.45. The van der Waals surface area contributed by atoms with E-state index in [9.17, 15) is 9.90 Å². The topological polar surface area (TPSA) is 66.6 Å². The third-order valence-electron chi connectivity index (χ3n) is 5.39. The minimum atomic E-state index is -0.241. The predicted octanol–water partition coefficient (Wildman–Crippen LogP) is 1.95. The maximum atomic E-state index is 12.7. The summed E-state index contributed by atoms with van der Waals surface area (Å²) >= 11 is 0. The summed E-state index contributed by atoms with van der Waals surface area (Å²) in [5, 5.41) is 10.3. The van der Waals surface area contributed by atoms with Crippen molar-refractivity contribution in [3.8, 4) is 0 Å². The molecule has 1 heterocycles. The lowest BCUT2D eigenvalue weighted by Gasteiger charge is -2.42. The molecule has 1 saturated carbocycles. The first kappa shape index (κ1) is 15.5. The molecule has 0 bridgehead atoms. The quantitative estimate of drug-likeness (QED) is 0.897. The van der Waals surface area contributed by atoms with E-state index in [-0.39, 0.29) is 17.4 Å². The number of rotatable bonds is 3. The predicted molar refractivity (Wildman–Crippen MR) is 86.6 cm³/mol. The largest absolute Gasteiger partial charge is 0.392 e. The first-order chi connectivity index (χ1) is 10.6. The van der Waals surface area contributed by atoms with Gasteiger partial charge in [0, 0.05) is 24.1 Å². The summed E-state index contributed by atoms with van der Waals surface area (Å²) in [7, 11) is 0. The van der Waals surface area contributed by atoms with Crippen molar-refractivity contribution in [1.82, 2.24) is 4.90 Å². The Bertz CT molecular complexity index is 528. The molecule has 22 heavy (non-hydrogen) atoms. The number of carbonyl (C=O) groups is 1. The van der Waals surface area contributed by atoms with Gasteiger partial charge in [-0.2, -0.15) is 0 Å². The first-order valence-electron chi connectivity index (χ1n) is 8.41. The van der Waals surface area contributed by atoms with E-state index in [4.69, 9.17) is 5.73 Å². The molecule has 120 valence electrons. The number of aliphatic hydroxyl groups excluding tert-OH is 1. The van der Waals surface area contributed by atoms with Gasteiger partial charge in [0.15, 0.2) is 0 Å². The molecule has 2 aliphatic rings. The van der Waals surface area contributed by atoms with Gasteiger partial charge >= 0.3 is 0 Å². The van der Waals surface area contributed by atoms with E-state index >= 15 is 0 Å². The SMILES string of the molecule is NCCc1ccc(C(=O)N2CCC[C@]3(CCC[C@H]3O)C2)cc1. The summed E-state index contributed by atoms with van der Waals surface area (Å²) in [6.45, 7) is 2.13. The Hall–Kier alpha value is -1.39. The van der Waals surface area contributed by atoms with Gasteiger partial charge in [-0.05, 0) is 56.3 Å². The number of hydrogen-bond donors (Lipinski definition) is 2. The zero-order chi connectivity index (χ0) is 15.6. The number of hydrogen-bond acceptors (Lipinski definition) is 3. The van der Waals surface area contributed by atoms with Gasteiger partial charge < -0.3 is 15.7 Å². The van der Waals surface area contributed by atoms with Crippen LogP contribution >= 0.6 is 0 Å². The van der Waals surface area contributed by atoms with E-state index in [1.165, 1.54) is 5.56 Å². The Morgan fingerprint density at radius 1 is 1.27 bits per heavy atom. The molecule has 4 heteroatoms. The lowest BCUT2D eigenvalue weighted by Crippen LogP contribution is -2.49. The van der Waals surface area contributed by atoms with Crippen molar-refractivity contribution < 1.29 is 9.90 Å². The molecule has 3 N–H and O–H groups in total. The third kappa shape index (κ3) is 2.90. The maximum absolute atomic E-state index is 12.7. The summed E-state index contributed by atoms with van der Waals surface area (Å²) in [6, 6.07) is 7.79. The molecule has 1 aromatic carbocycles. The van der Waals surface area contributed by atoms with Crippen LogP contribution in [-0.4, -0.2) is 41.7 Å². The van der Waals surface area contributed by atoms with Crippen molar-refractivity contribution in [2.45, 2.75) is 44.6 Å². The van der Waals surface area contributed by atoms with Gasteiger partial charge in [0.1, 0.15) is 0 Å². The van der Waals surface area contributed by atoms with Gasteiger partial charge in [0.25, 0.3) is 5.91 Å². The van der Waals surface area contributed by atoms with Crippen LogP contribution in [0.4, 0.5) is 0 Å². The minimum Gasteiger partial charge on any atom is -0.392 e. The Morgan fingerprint density at radius 2 is 2.00 bits per heavy atom. The lowest BCUT2D eigenvalue weighted by molar-refractivity contribution is -0.00535. The Balaban J connectivity index is 1.71. The first-order valence-corrected chi connectivity index (χ1v) is 8.41. The van der Waals surface area contributed by atoms with Crippen molar-refractivity contribution in [1.29, 1.82) is 0 Å². The highest BCUT2D eigenvalue weighted by atomic mass is 16.3. The van der Waals surface area contributed by atoms with Crippen molar-refractivity contribution in [2.24, 2.45) is 11.1 Å². The van der Waals surface area contributed by atoms with Crippen LogP contribution in [0.15, 0.2) is 24.3 Å². The van der Waals surface area contributed by atoms with Gasteiger partial charge in [-0.1, -0.05) is 18.6 Å². The molecular formula is C18H26N2O2. The number of nitrogens with two attached hydrogens (primary N) is 1. The number of benzene rings is 1. The second kappa shape index (κ2) is 6.39. The van der Waals surface area contributed by atoms with Gasteiger partial charge in [-0.15, -0.1) is 0 Å². The van der Waals surface area contributed by atoms with Gasteiger partial charge in [-0.3, -0.25) is 4.79 Å². The number of aliphatic hydroxyl groups is 1. The summed E-state index contributed by atoms with van der Waals surface area (Å²) in [4.78, 5) is 14.7. The molecule has 3 rings (SSSR count). The molecule has 1 aromatic rings. The number of nitrogens with zero attached hydrogens (tertiary/aromatic N) is 1. The van der Waals surface area contributed by atoms with Crippen LogP contribution in [0.2, 0.25) is 0 Å². The van der Waals surface area contributed by atoms with Crippen LogP contribution in [-0.2, 0) is 6.42 Å². The summed E-state index contributed by atoms with van der Waals surface area (Å²) in [5.74, 6) is 0.0949. The second-order valence-electron chi connectivity index (χ2n) is 6.84. The molecule has 1 aliphatic carbocycles. The highest BCUT2D eigenvalue weighted by Gasteiger charge is 2.45. The Labute approximate surface area is 132 Å². The number of likely N-dealkylation sites (tertiary alicyclic amines) is 1. The molecular weight excluding hydrogens is 276 g/mol. The van der Waals surface area contributed by atoms with Crippen LogP contribution in [0.25, 0.3) is 0 Å². The molecule has 1 aliphatic heterocycles. The molecule has 4 nitrogen and oxygen atoms in total. The fraction of sp³-hybridized carbons (Fsp3) is 0.611. The maximum Gasteiger partial charge on any atom is 0.253 e. The number of amides is 1. The van der Waals surface area contributed by atoms with Gasteiger partial charge in [-0.25, -0.2) is 0 Å². The highest BCUT2D eigenvalue weighted by molar-refractivity contribution is 5.94. The fourth-order valence-corrected chi connectivity index (χ4v) is 4.09. The molecule has 2 fully saturated rings. The molecule has 0 unspecified atom stereocenters. The third-order valence-corrected chi connectivity index (χ3v) is 5.39. The van der Waals surface area contributed by atoms with Crippen LogP contribution in [0.5, 0.6) is 0 Å². The van der Waals surface area contributed by atoms with Crippen LogP contribution in [0.3, 0.4) is 0 Å². The van der Waals surface area contributed by atoms with E-state index in [1.807, 2.05) is 29.2 Å². The van der Waals surface area contributed by atoms with Crippen molar-refractivity contribution in [3.63, 3.8) is 0 Å². The zero-order valence-corrected chi connectivity index (χ0v) is 13.1. The van der Waals surface area contributed by atoms with E-state index in [0.717, 1.165) is 50.6 Å². The molecule has 0 aromatic heterocycles. The fourth-order valence-electron chi connectivity index (χ4n) is 4.09. The summed E-state index contributed by atoms with van der Waals surface area (Å²) in [6.07, 6.45) is 5.66. The average molecular weight is 302 g/mol. The molecule has 1 saturated heterocycles. The normalized spacial score (nSPS) is 28.3. The molecule has 1 spiro atoms. The summed E-state index contributed by atoms with van der Waals surface area (Å²) < 4.78 is 0. The van der Waals surface area contributed by atoms with E-state index in [0.29, 0.717) is 13.1 Å². The zero-order valence-electron chi connectivity index (χ0n) is 13.1. The number of carbonyl (C=O) groups excluding carboxylic acids is 1. The second-order valence-corrected chi connectivity index (χ2v) is 6.84. The molecule has 1 amide bonds. The van der Waals surface area contributed by atoms with Crippen molar-refractivity contribution >= 4 is 5.91 Å². The van der Waals surface area contributed by atoms with Crippen LogP contribution < -0.4 is 5.73 Å². The molecule has 2 atom stereocenters.